The van der Waals surface area contributed by atoms with Gasteiger partial charge in [0, 0.05) is 18.5 Å². The zero-order valence-electron chi connectivity index (χ0n) is 8.99. The van der Waals surface area contributed by atoms with E-state index in [1.165, 1.54) is 5.56 Å². The SMILES string of the molecule is CC1(CNCc2ccc(O)cc2)COC1. The molecule has 1 saturated heterocycles. The molecule has 2 rings (SSSR count). The van der Waals surface area contributed by atoms with Crippen molar-refractivity contribution in [2.24, 2.45) is 5.41 Å². The Morgan fingerprint density at radius 2 is 2.00 bits per heavy atom. The van der Waals surface area contributed by atoms with Gasteiger partial charge < -0.3 is 15.2 Å². The van der Waals surface area contributed by atoms with Gasteiger partial charge in [-0.15, -0.1) is 0 Å². The molecule has 15 heavy (non-hydrogen) atoms. The van der Waals surface area contributed by atoms with E-state index in [1.54, 1.807) is 12.1 Å². The van der Waals surface area contributed by atoms with Gasteiger partial charge in [0.15, 0.2) is 0 Å². The van der Waals surface area contributed by atoms with E-state index in [2.05, 4.69) is 12.2 Å². The Morgan fingerprint density at radius 3 is 2.53 bits per heavy atom. The monoisotopic (exact) mass is 207 g/mol. The Labute approximate surface area is 90.1 Å². The van der Waals surface area contributed by atoms with Crippen LogP contribution in [-0.2, 0) is 11.3 Å². The summed E-state index contributed by atoms with van der Waals surface area (Å²) in [6.07, 6.45) is 0. The normalized spacial score (nSPS) is 18.5. The van der Waals surface area contributed by atoms with Gasteiger partial charge >= 0.3 is 0 Å². The average Bonchev–Trinajstić information content (AvgIpc) is 2.19. The molecule has 0 spiro atoms. The third-order valence-electron chi connectivity index (χ3n) is 2.72. The molecular weight excluding hydrogens is 190 g/mol. The molecule has 2 N–H and O–H groups in total. The van der Waals surface area contributed by atoms with Gasteiger partial charge in [-0.05, 0) is 17.7 Å². The zero-order chi connectivity index (χ0) is 10.7. The number of hydrogen-bond donors (Lipinski definition) is 2. The van der Waals surface area contributed by atoms with Crippen LogP contribution in [0.4, 0.5) is 0 Å². The van der Waals surface area contributed by atoms with E-state index in [1.807, 2.05) is 12.1 Å². The summed E-state index contributed by atoms with van der Waals surface area (Å²) >= 11 is 0. The summed E-state index contributed by atoms with van der Waals surface area (Å²) in [5.41, 5.74) is 1.51. The van der Waals surface area contributed by atoms with Crippen LogP contribution in [0.5, 0.6) is 5.75 Å². The van der Waals surface area contributed by atoms with E-state index in [0.717, 1.165) is 26.3 Å². The first-order chi connectivity index (χ1) is 7.18. The van der Waals surface area contributed by atoms with Crippen LogP contribution in [0.1, 0.15) is 12.5 Å². The minimum Gasteiger partial charge on any atom is -0.508 e. The van der Waals surface area contributed by atoms with Crippen molar-refractivity contribution in [1.29, 1.82) is 0 Å². The number of aromatic hydroxyl groups is 1. The van der Waals surface area contributed by atoms with Gasteiger partial charge in [0.1, 0.15) is 5.75 Å². The summed E-state index contributed by atoms with van der Waals surface area (Å²) in [7, 11) is 0. The van der Waals surface area contributed by atoms with Crippen LogP contribution in [0.2, 0.25) is 0 Å². The lowest BCUT2D eigenvalue weighted by Gasteiger charge is -2.38. The number of rotatable bonds is 4. The molecule has 82 valence electrons. The number of benzene rings is 1. The molecule has 1 aromatic rings. The third kappa shape index (κ3) is 2.70. The molecule has 0 radical (unpaired) electrons. The molecule has 0 unspecified atom stereocenters. The van der Waals surface area contributed by atoms with Crippen LogP contribution in [0.15, 0.2) is 24.3 Å². The van der Waals surface area contributed by atoms with Gasteiger partial charge in [-0.3, -0.25) is 0 Å². The molecule has 0 aliphatic carbocycles. The number of phenolic OH excluding ortho intramolecular Hbond substituents is 1. The fourth-order valence-electron chi connectivity index (χ4n) is 1.67. The number of hydrogen-bond acceptors (Lipinski definition) is 3. The van der Waals surface area contributed by atoms with Gasteiger partial charge in [0.05, 0.1) is 13.2 Å². The van der Waals surface area contributed by atoms with E-state index in [9.17, 15) is 0 Å². The molecule has 1 aliphatic heterocycles. The molecule has 3 nitrogen and oxygen atoms in total. The van der Waals surface area contributed by atoms with Gasteiger partial charge in [-0.2, -0.15) is 0 Å². The summed E-state index contributed by atoms with van der Waals surface area (Å²) in [6, 6.07) is 7.29. The van der Waals surface area contributed by atoms with Crippen molar-refractivity contribution in [1.82, 2.24) is 5.32 Å². The van der Waals surface area contributed by atoms with Crippen LogP contribution in [-0.4, -0.2) is 24.9 Å². The van der Waals surface area contributed by atoms with Crippen LogP contribution in [0, 0.1) is 5.41 Å². The minimum absolute atomic E-state index is 0.316. The first-order valence-electron chi connectivity index (χ1n) is 5.24. The highest BCUT2D eigenvalue weighted by molar-refractivity contribution is 5.25. The number of ether oxygens (including phenoxy) is 1. The first kappa shape index (κ1) is 10.5. The second kappa shape index (κ2) is 4.21. The quantitative estimate of drug-likeness (QED) is 0.786. The molecular formula is C12H17NO2. The van der Waals surface area contributed by atoms with Gasteiger partial charge in [-0.25, -0.2) is 0 Å². The predicted octanol–water partition coefficient (Wildman–Crippen LogP) is 1.52. The Hall–Kier alpha value is -1.06. The topological polar surface area (TPSA) is 41.5 Å². The van der Waals surface area contributed by atoms with E-state index in [4.69, 9.17) is 9.84 Å². The fraction of sp³-hybridized carbons (Fsp3) is 0.500. The standard InChI is InChI=1S/C12H17NO2/c1-12(8-15-9-12)7-13-6-10-2-4-11(14)5-3-10/h2-5,13-14H,6-9H2,1H3. The second-order valence-electron chi connectivity index (χ2n) is 4.57. The van der Waals surface area contributed by atoms with Crippen molar-refractivity contribution < 1.29 is 9.84 Å². The zero-order valence-corrected chi connectivity index (χ0v) is 8.99. The Kier molecular flexibility index (Phi) is 2.93. The van der Waals surface area contributed by atoms with Crippen molar-refractivity contribution >= 4 is 0 Å². The summed E-state index contributed by atoms with van der Waals surface area (Å²) in [5.74, 6) is 0.318. The van der Waals surface area contributed by atoms with Crippen molar-refractivity contribution in [3.63, 3.8) is 0 Å². The van der Waals surface area contributed by atoms with E-state index < -0.39 is 0 Å². The number of phenols is 1. The largest absolute Gasteiger partial charge is 0.508 e. The lowest BCUT2D eigenvalue weighted by Crippen LogP contribution is -2.47. The highest BCUT2D eigenvalue weighted by Gasteiger charge is 2.32. The lowest BCUT2D eigenvalue weighted by molar-refractivity contribution is -0.0991. The maximum absolute atomic E-state index is 9.12. The maximum Gasteiger partial charge on any atom is 0.115 e. The van der Waals surface area contributed by atoms with Crippen molar-refractivity contribution in [3.8, 4) is 5.75 Å². The third-order valence-corrected chi connectivity index (χ3v) is 2.72. The predicted molar refractivity (Wildman–Crippen MR) is 58.7 cm³/mol. The Morgan fingerprint density at radius 1 is 1.33 bits per heavy atom. The average molecular weight is 207 g/mol. The smallest absolute Gasteiger partial charge is 0.115 e. The van der Waals surface area contributed by atoms with E-state index in [-0.39, 0.29) is 0 Å². The van der Waals surface area contributed by atoms with Crippen LogP contribution < -0.4 is 5.32 Å². The molecule has 0 atom stereocenters. The molecule has 0 aromatic heterocycles. The number of nitrogens with one attached hydrogen (secondary N) is 1. The maximum atomic E-state index is 9.12. The van der Waals surface area contributed by atoms with E-state index in [0.29, 0.717) is 11.2 Å². The van der Waals surface area contributed by atoms with Crippen molar-refractivity contribution in [2.75, 3.05) is 19.8 Å². The highest BCUT2D eigenvalue weighted by Crippen LogP contribution is 2.25. The summed E-state index contributed by atoms with van der Waals surface area (Å²) in [6.45, 7) is 5.76. The molecule has 1 heterocycles. The van der Waals surface area contributed by atoms with Crippen molar-refractivity contribution in [3.05, 3.63) is 29.8 Å². The first-order valence-corrected chi connectivity index (χ1v) is 5.24. The highest BCUT2D eigenvalue weighted by atomic mass is 16.5. The Bertz CT molecular complexity index is 317. The molecule has 0 saturated carbocycles. The fourth-order valence-corrected chi connectivity index (χ4v) is 1.67. The molecule has 1 aromatic carbocycles. The molecule has 1 fully saturated rings. The van der Waals surface area contributed by atoms with Gasteiger partial charge in [0.2, 0.25) is 0 Å². The molecule has 0 amide bonds. The lowest BCUT2D eigenvalue weighted by atomic mass is 9.89. The molecule has 0 bridgehead atoms. The summed E-state index contributed by atoms with van der Waals surface area (Å²) in [4.78, 5) is 0. The second-order valence-corrected chi connectivity index (χ2v) is 4.57. The molecule has 1 aliphatic rings. The van der Waals surface area contributed by atoms with Crippen LogP contribution in [0.3, 0.4) is 0 Å². The minimum atomic E-state index is 0.316. The van der Waals surface area contributed by atoms with Crippen molar-refractivity contribution in [2.45, 2.75) is 13.5 Å². The Balaban J connectivity index is 1.76. The summed E-state index contributed by atoms with van der Waals surface area (Å²) in [5, 5.41) is 12.5. The van der Waals surface area contributed by atoms with Crippen LogP contribution >= 0.6 is 0 Å². The van der Waals surface area contributed by atoms with Gasteiger partial charge in [-0.1, -0.05) is 19.1 Å². The van der Waals surface area contributed by atoms with Gasteiger partial charge in [0.25, 0.3) is 0 Å². The van der Waals surface area contributed by atoms with Crippen LogP contribution in [0.25, 0.3) is 0 Å². The van der Waals surface area contributed by atoms with E-state index >= 15 is 0 Å². The molecule has 3 heteroatoms. The summed E-state index contributed by atoms with van der Waals surface area (Å²) < 4.78 is 5.18.